The summed E-state index contributed by atoms with van der Waals surface area (Å²) in [5.74, 6) is 0.0661. The van der Waals surface area contributed by atoms with E-state index in [4.69, 9.17) is 0 Å². The molecule has 0 amide bonds. The first-order chi connectivity index (χ1) is 12.6. The topological polar surface area (TPSA) is 20.3 Å². The molecular weight excluding hydrogens is 406 g/mol. The fourth-order valence-corrected chi connectivity index (χ4v) is 3.97. The summed E-state index contributed by atoms with van der Waals surface area (Å²) in [6, 6.07) is 19.9. The van der Waals surface area contributed by atoms with Gasteiger partial charge in [0.1, 0.15) is 0 Å². The Bertz CT molecular complexity index is 897. The molecule has 0 radical (unpaired) electrons. The SMILES string of the molecule is C=CCN(C)Cc1ccc(-c2ccc(C(=O)c3ccc(Br)cc3)s2)cc1. The first-order valence-corrected chi connectivity index (χ1v) is 9.96. The van der Waals surface area contributed by atoms with Crippen molar-refractivity contribution in [2.24, 2.45) is 0 Å². The van der Waals surface area contributed by atoms with Gasteiger partial charge in [0, 0.05) is 28.0 Å². The average molecular weight is 426 g/mol. The van der Waals surface area contributed by atoms with Crippen LogP contribution >= 0.6 is 27.3 Å². The number of hydrogen-bond donors (Lipinski definition) is 0. The molecule has 0 saturated heterocycles. The van der Waals surface area contributed by atoms with Gasteiger partial charge < -0.3 is 0 Å². The molecule has 1 heterocycles. The van der Waals surface area contributed by atoms with Crippen LogP contribution < -0.4 is 0 Å². The zero-order chi connectivity index (χ0) is 18.5. The highest BCUT2D eigenvalue weighted by Gasteiger charge is 2.12. The van der Waals surface area contributed by atoms with Crippen molar-refractivity contribution in [3.05, 3.63) is 93.8 Å². The molecule has 0 bridgehead atoms. The molecule has 0 atom stereocenters. The number of likely N-dealkylation sites (N-methyl/N-ethyl adjacent to an activating group) is 1. The Balaban J connectivity index is 1.74. The molecule has 0 aliphatic rings. The van der Waals surface area contributed by atoms with Crippen LogP contribution in [-0.2, 0) is 6.54 Å². The number of hydrogen-bond acceptors (Lipinski definition) is 3. The lowest BCUT2D eigenvalue weighted by atomic mass is 10.1. The van der Waals surface area contributed by atoms with Crippen molar-refractivity contribution >= 4 is 33.0 Å². The predicted molar refractivity (Wildman–Crippen MR) is 114 cm³/mol. The van der Waals surface area contributed by atoms with Crippen LogP contribution in [0.1, 0.15) is 20.8 Å². The van der Waals surface area contributed by atoms with Crippen molar-refractivity contribution in [2.45, 2.75) is 6.54 Å². The summed E-state index contributed by atoms with van der Waals surface area (Å²) in [5.41, 5.74) is 3.11. The van der Waals surface area contributed by atoms with E-state index in [1.165, 1.54) is 16.9 Å². The van der Waals surface area contributed by atoms with E-state index in [2.05, 4.69) is 58.7 Å². The number of benzene rings is 2. The largest absolute Gasteiger partial charge is 0.298 e. The van der Waals surface area contributed by atoms with E-state index in [1.54, 1.807) is 0 Å². The quantitative estimate of drug-likeness (QED) is 0.340. The molecule has 132 valence electrons. The Morgan fingerprint density at radius 3 is 2.42 bits per heavy atom. The first-order valence-electron chi connectivity index (χ1n) is 8.35. The van der Waals surface area contributed by atoms with Crippen LogP contribution in [0.5, 0.6) is 0 Å². The van der Waals surface area contributed by atoms with Crippen molar-refractivity contribution in [1.29, 1.82) is 0 Å². The number of carbonyl (C=O) groups is 1. The van der Waals surface area contributed by atoms with Gasteiger partial charge in [0.15, 0.2) is 0 Å². The third-order valence-electron chi connectivity index (χ3n) is 4.07. The fourth-order valence-electron chi connectivity index (χ4n) is 2.73. The van der Waals surface area contributed by atoms with Gasteiger partial charge in [0.25, 0.3) is 0 Å². The number of rotatable bonds is 7. The molecule has 4 heteroatoms. The maximum atomic E-state index is 12.6. The minimum Gasteiger partial charge on any atom is -0.298 e. The van der Waals surface area contributed by atoms with E-state index in [9.17, 15) is 4.79 Å². The van der Waals surface area contributed by atoms with Crippen molar-refractivity contribution in [3.8, 4) is 10.4 Å². The Kier molecular flexibility index (Phi) is 6.20. The molecule has 0 aliphatic carbocycles. The second kappa shape index (κ2) is 8.58. The monoisotopic (exact) mass is 425 g/mol. The van der Waals surface area contributed by atoms with Crippen LogP contribution in [0.2, 0.25) is 0 Å². The molecule has 2 aromatic carbocycles. The smallest absolute Gasteiger partial charge is 0.202 e. The highest BCUT2D eigenvalue weighted by molar-refractivity contribution is 9.10. The summed E-state index contributed by atoms with van der Waals surface area (Å²) in [4.78, 5) is 16.7. The summed E-state index contributed by atoms with van der Waals surface area (Å²) >= 11 is 4.93. The number of carbonyl (C=O) groups excluding carboxylic acids is 1. The van der Waals surface area contributed by atoms with Crippen LogP contribution in [0.25, 0.3) is 10.4 Å². The molecule has 0 saturated carbocycles. The minimum absolute atomic E-state index is 0.0661. The second-order valence-electron chi connectivity index (χ2n) is 6.18. The Morgan fingerprint density at radius 2 is 1.77 bits per heavy atom. The Morgan fingerprint density at radius 1 is 1.08 bits per heavy atom. The molecule has 0 fully saturated rings. The Labute approximate surface area is 166 Å². The van der Waals surface area contributed by atoms with Crippen LogP contribution in [0.3, 0.4) is 0 Å². The highest BCUT2D eigenvalue weighted by Crippen LogP contribution is 2.30. The van der Waals surface area contributed by atoms with E-state index >= 15 is 0 Å². The second-order valence-corrected chi connectivity index (χ2v) is 8.18. The third kappa shape index (κ3) is 4.58. The lowest BCUT2D eigenvalue weighted by Gasteiger charge is -2.14. The molecule has 0 spiro atoms. The summed E-state index contributed by atoms with van der Waals surface area (Å²) in [7, 11) is 2.08. The van der Waals surface area contributed by atoms with Crippen molar-refractivity contribution in [1.82, 2.24) is 4.90 Å². The number of thiophene rings is 1. The molecule has 0 N–H and O–H groups in total. The molecule has 1 aromatic heterocycles. The molecule has 2 nitrogen and oxygen atoms in total. The zero-order valence-electron chi connectivity index (χ0n) is 14.6. The van der Waals surface area contributed by atoms with Crippen molar-refractivity contribution in [3.63, 3.8) is 0 Å². The van der Waals surface area contributed by atoms with E-state index < -0.39 is 0 Å². The van der Waals surface area contributed by atoms with E-state index in [1.807, 2.05) is 42.5 Å². The maximum absolute atomic E-state index is 12.6. The van der Waals surface area contributed by atoms with E-state index in [0.29, 0.717) is 5.56 Å². The fraction of sp³-hybridized carbons (Fsp3) is 0.136. The highest BCUT2D eigenvalue weighted by atomic mass is 79.9. The normalized spacial score (nSPS) is 10.9. The van der Waals surface area contributed by atoms with Crippen LogP contribution in [0, 0.1) is 0 Å². The van der Waals surface area contributed by atoms with Crippen LogP contribution in [-0.4, -0.2) is 24.3 Å². The van der Waals surface area contributed by atoms with Gasteiger partial charge in [-0.3, -0.25) is 9.69 Å². The van der Waals surface area contributed by atoms with E-state index in [-0.39, 0.29) is 5.78 Å². The standard InChI is InChI=1S/C22H20BrNOS/c1-3-14-24(2)15-16-4-6-17(7-5-16)20-12-13-21(26-20)22(25)18-8-10-19(23)11-9-18/h3-13H,1,14-15H2,2H3. The maximum Gasteiger partial charge on any atom is 0.202 e. The molecule has 3 aromatic rings. The lowest BCUT2D eigenvalue weighted by molar-refractivity contribution is 0.104. The average Bonchev–Trinajstić information content (AvgIpc) is 3.13. The zero-order valence-corrected chi connectivity index (χ0v) is 17.0. The lowest BCUT2D eigenvalue weighted by Crippen LogP contribution is -2.17. The number of nitrogens with zero attached hydrogens (tertiary/aromatic N) is 1. The van der Waals surface area contributed by atoms with Crippen molar-refractivity contribution < 1.29 is 4.79 Å². The van der Waals surface area contributed by atoms with Gasteiger partial charge >= 0.3 is 0 Å². The minimum atomic E-state index is 0.0661. The first kappa shape index (κ1) is 18.8. The van der Waals surface area contributed by atoms with Gasteiger partial charge in [-0.2, -0.15) is 0 Å². The summed E-state index contributed by atoms with van der Waals surface area (Å²) < 4.78 is 0.972. The van der Waals surface area contributed by atoms with Gasteiger partial charge in [0.2, 0.25) is 5.78 Å². The van der Waals surface area contributed by atoms with Crippen molar-refractivity contribution in [2.75, 3.05) is 13.6 Å². The summed E-state index contributed by atoms with van der Waals surface area (Å²) in [6.07, 6.45) is 1.91. The van der Waals surface area contributed by atoms with Gasteiger partial charge in [-0.25, -0.2) is 0 Å². The summed E-state index contributed by atoms with van der Waals surface area (Å²) in [5, 5.41) is 0. The molecule has 0 aliphatic heterocycles. The number of halogens is 1. The Hall–Kier alpha value is -2.01. The van der Waals surface area contributed by atoms with Gasteiger partial charge in [-0.05, 0) is 54.6 Å². The predicted octanol–water partition coefficient (Wildman–Crippen LogP) is 6.03. The molecule has 26 heavy (non-hydrogen) atoms. The molecule has 3 rings (SSSR count). The summed E-state index contributed by atoms with van der Waals surface area (Å²) in [6.45, 7) is 5.53. The van der Waals surface area contributed by atoms with Crippen LogP contribution in [0.4, 0.5) is 0 Å². The van der Waals surface area contributed by atoms with Gasteiger partial charge in [0.05, 0.1) is 4.88 Å². The third-order valence-corrected chi connectivity index (χ3v) is 5.73. The van der Waals surface area contributed by atoms with E-state index in [0.717, 1.165) is 32.9 Å². The molecule has 0 unspecified atom stereocenters. The van der Waals surface area contributed by atoms with Crippen LogP contribution in [0.15, 0.2) is 77.8 Å². The van der Waals surface area contributed by atoms with Gasteiger partial charge in [-0.1, -0.05) is 46.3 Å². The number of ketones is 1. The van der Waals surface area contributed by atoms with Gasteiger partial charge in [-0.15, -0.1) is 17.9 Å². The molecular formula is C22H20BrNOS.